The van der Waals surface area contributed by atoms with E-state index >= 15 is 0 Å². The summed E-state index contributed by atoms with van der Waals surface area (Å²) in [6.45, 7) is -0.0567. The largest absolute Gasteiger partial charge is 0.490 e. The number of unbranched alkanes of at least 4 members (excludes halogenated alkanes) is 1. The van der Waals surface area contributed by atoms with Crippen LogP contribution in [0.2, 0.25) is 0 Å². The van der Waals surface area contributed by atoms with Crippen molar-refractivity contribution in [1.29, 1.82) is 0 Å². The number of H-pyrrole nitrogens is 1. The molecule has 3 unspecified atom stereocenters. The number of phosphoric ester groups is 1. The van der Waals surface area contributed by atoms with Crippen molar-refractivity contribution < 1.29 is 61.4 Å². The molecule has 0 spiro atoms. The lowest BCUT2D eigenvalue weighted by Gasteiger charge is -2.19. The summed E-state index contributed by atoms with van der Waals surface area (Å²) in [5.74, 6) is 0.258. The molecule has 21 nitrogen and oxygen atoms in total. The van der Waals surface area contributed by atoms with Crippen molar-refractivity contribution in [2.24, 2.45) is 16.5 Å². The predicted octanol–water partition coefficient (Wildman–Crippen LogP) is -1.08. The molecule has 0 radical (unpaired) electrons. The van der Waals surface area contributed by atoms with Crippen LogP contribution in [0.5, 0.6) is 0 Å². The number of aliphatic hydroxyl groups is 2. The number of ether oxygens (including phenoxy) is 1. The molecule has 3 heterocycles. The molecule has 1 fully saturated rings. The standard InChI is InChI=1S/C15H27N8O13P3S/c16-14(17)18-3-1-2-4-19-15-21-11-8(12(40)22-15)20-6-23(11)13-10(25)9(24)7(34-13)5-33-38(29,30)36-39(31,32)35-37(26,27)28/h6-7,9-10,13,24-25H,1-5H2,(H,29,30)(H,31,32)(H4,16,17,18)(H2,26,27,28)(H2,19,21,22,40)/t7-,9+,10?,13-/m1/s1. The zero-order valence-corrected chi connectivity index (χ0v) is 23.7. The SMILES string of the molecule is NC(N)=NCCCCNc1nc(=S)c2ncn([C@@H]3O[C@H](COP(=O)(O)OP(=O)(O)OP(=O)(O)O)[C@H](O)C3O)c2[nH]1. The Morgan fingerprint density at radius 2 is 1.85 bits per heavy atom. The minimum absolute atomic E-state index is 0.00452. The van der Waals surface area contributed by atoms with Gasteiger partial charge in [-0.3, -0.25) is 14.1 Å². The molecule has 0 amide bonds. The average Bonchev–Trinajstić information content (AvgIpc) is 3.33. The lowest BCUT2D eigenvalue weighted by Crippen LogP contribution is -2.33. The van der Waals surface area contributed by atoms with Crippen LogP contribution in [0, 0.1) is 4.64 Å². The predicted molar refractivity (Wildman–Crippen MR) is 137 cm³/mol. The highest BCUT2D eigenvalue weighted by molar-refractivity contribution is 7.71. The Morgan fingerprint density at radius 1 is 1.15 bits per heavy atom. The second kappa shape index (κ2) is 13.0. The van der Waals surface area contributed by atoms with Crippen molar-refractivity contribution in [2.75, 3.05) is 25.0 Å². The minimum atomic E-state index is -5.74. The van der Waals surface area contributed by atoms with Crippen molar-refractivity contribution in [3.63, 3.8) is 0 Å². The molecule has 6 atom stereocenters. The molecule has 2 aromatic rings. The van der Waals surface area contributed by atoms with Gasteiger partial charge in [0.25, 0.3) is 0 Å². The number of hydrogen-bond acceptors (Lipinski definition) is 14. The summed E-state index contributed by atoms with van der Waals surface area (Å²) in [6, 6.07) is 0. The Kier molecular flexibility index (Phi) is 10.6. The van der Waals surface area contributed by atoms with E-state index in [1.165, 1.54) is 10.9 Å². The number of aliphatic imine (C=N–C) groups is 1. The van der Waals surface area contributed by atoms with E-state index in [-0.39, 0.29) is 27.7 Å². The monoisotopic (exact) mass is 652 g/mol. The lowest BCUT2D eigenvalue weighted by atomic mass is 10.1. The fraction of sp³-hybridized carbons (Fsp3) is 0.600. The van der Waals surface area contributed by atoms with Crippen LogP contribution >= 0.6 is 35.7 Å². The number of phosphoric acid groups is 3. The smallest absolute Gasteiger partial charge is 0.387 e. The molecule has 12 N–H and O–H groups in total. The van der Waals surface area contributed by atoms with Crippen molar-refractivity contribution in [1.82, 2.24) is 19.5 Å². The quantitative estimate of drug-likeness (QED) is 0.0381. The first-order valence-electron chi connectivity index (χ1n) is 11.0. The third-order valence-electron chi connectivity index (χ3n) is 5.05. The highest BCUT2D eigenvalue weighted by atomic mass is 32.1. The Hall–Kier alpha value is -1.87. The highest BCUT2D eigenvalue weighted by Gasteiger charge is 2.47. The maximum absolute atomic E-state index is 12.0. The molecular weight excluding hydrogens is 625 g/mol. The maximum Gasteiger partial charge on any atom is 0.490 e. The molecule has 1 saturated heterocycles. The summed E-state index contributed by atoms with van der Waals surface area (Å²) in [4.78, 5) is 51.2. The van der Waals surface area contributed by atoms with Crippen molar-refractivity contribution in [3.05, 3.63) is 11.0 Å². The van der Waals surface area contributed by atoms with Gasteiger partial charge in [0, 0.05) is 13.1 Å². The Labute approximate surface area is 229 Å². The van der Waals surface area contributed by atoms with E-state index in [0.717, 1.165) is 0 Å². The molecule has 0 saturated carbocycles. The van der Waals surface area contributed by atoms with E-state index < -0.39 is 54.6 Å². The molecule has 40 heavy (non-hydrogen) atoms. The summed E-state index contributed by atoms with van der Waals surface area (Å²) in [6.07, 6.45) is -3.54. The number of aromatic amines is 1. The minimum Gasteiger partial charge on any atom is -0.387 e. The molecule has 1 aliphatic heterocycles. The number of anilines is 1. The average molecular weight is 652 g/mol. The topological polar surface area (TPSA) is 332 Å². The fourth-order valence-corrected chi connectivity index (χ4v) is 6.70. The number of guanidine groups is 1. The first kappa shape index (κ1) is 32.6. The number of nitrogens with two attached hydrogens (primary N) is 2. The van der Waals surface area contributed by atoms with E-state index in [1.54, 1.807) is 0 Å². The number of nitrogens with zero attached hydrogens (tertiary/aromatic N) is 4. The number of nitrogens with one attached hydrogen (secondary N) is 2. The van der Waals surface area contributed by atoms with E-state index in [0.29, 0.717) is 25.9 Å². The fourth-order valence-electron chi connectivity index (χ4n) is 3.43. The second-order valence-corrected chi connectivity index (χ2v) is 12.9. The molecule has 1 aliphatic rings. The van der Waals surface area contributed by atoms with Gasteiger partial charge in [0.1, 0.15) is 29.5 Å². The van der Waals surface area contributed by atoms with Crippen LogP contribution in [0.3, 0.4) is 0 Å². The molecule has 3 rings (SSSR count). The second-order valence-electron chi connectivity index (χ2n) is 8.11. The zero-order valence-electron chi connectivity index (χ0n) is 20.2. The van der Waals surface area contributed by atoms with Crippen LogP contribution in [0.15, 0.2) is 11.3 Å². The molecule has 25 heteroatoms. The number of imidazole rings is 1. The van der Waals surface area contributed by atoms with Crippen molar-refractivity contribution in [2.45, 2.75) is 37.4 Å². The zero-order chi connectivity index (χ0) is 29.9. The van der Waals surface area contributed by atoms with Crippen LogP contribution in [-0.4, -0.2) is 93.3 Å². The Bertz CT molecular complexity index is 1430. The van der Waals surface area contributed by atoms with Gasteiger partial charge in [0.2, 0.25) is 5.95 Å². The molecule has 0 bridgehead atoms. The Balaban J connectivity index is 1.68. The van der Waals surface area contributed by atoms with Gasteiger partial charge in [-0.1, -0.05) is 12.2 Å². The van der Waals surface area contributed by atoms with Gasteiger partial charge in [-0.25, -0.2) is 23.7 Å². The van der Waals surface area contributed by atoms with Crippen molar-refractivity contribution in [3.8, 4) is 0 Å². The first-order valence-corrected chi connectivity index (χ1v) is 16.0. The third-order valence-corrected chi connectivity index (χ3v) is 9.13. The number of aromatic nitrogens is 4. The third kappa shape index (κ3) is 9.07. The van der Waals surface area contributed by atoms with Gasteiger partial charge >= 0.3 is 23.5 Å². The number of hydrogen-bond donors (Lipinski definition) is 10. The van der Waals surface area contributed by atoms with Crippen LogP contribution in [0.4, 0.5) is 5.95 Å². The number of fused-ring (bicyclic) bond motifs is 1. The van der Waals surface area contributed by atoms with Gasteiger partial charge in [-0.15, -0.1) is 0 Å². The number of aliphatic hydroxyl groups excluding tert-OH is 2. The first-order chi connectivity index (χ1) is 18.5. The van der Waals surface area contributed by atoms with Crippen LogP contribution in [0.25, 0.3) is 11.2 Å². The normalized spacial score (nSPS) is 24.4. The Morgan fingerprint density at radius 3 is 2.50 bits per heavy atom. The summed E-state index contributed by atoms with van der Waals surface area (Å²) < 4.78 is 52.9. The van der Waals surface area contributed by atoms with Crippen molar-refractivity contribution >= 4 is 58.8 Å². The van der Waals surface area contributed by atoms with Gasteiger partial charge in [0.05, 0.1) is 12.9 Å². The van der Waals surface area contributed by atoms with Crippen LogP contribution in [-0.2, 0) is 31.6 Å². The summed E-state index contributed by atoms with van der Waals surface area (Å²) in [7, 11) is -16.8. The molecule has 0 aromatic carbocycles. The van der Waals surface area contributed by atoms with Gasteiger partial charge in [-0.05, 0) is 12.8 Å². The summed E-state index contributed by atoms with van der Waals surface area (Å²) in [5.41, 5.74) is 11.0. The molecule has 0 aliphatic carbocycles. The molecule has 226 valence electrons. The van der Waals surface area contributed by atoms with E-state index in [2.05, 4.69) is 38.4 Å². The highest BCUT2D eigenvalue weighted by Crippen LogP contribution is 2.66. The summed E-state index contributed by atoms with van der Waals surface area (Å²) >= 11 is 5.27. The van der Waals surface area contributed by atoms with Gasteiger partial charge in [0.15, 0.2) is 16.8 Å². The maximum atomic E-state index is 12.0. The van der Waals surface area contributed by atoms with E-state index in [1.807, 2.05) is 0 Å². The van der Waals surface area contributed by atoms with Crippen LogP contribution < -0.4 is 16.8 Å². The van der Waals surface area contributed by atoms with Gasteiger partial charge in [-0.2, -0.15) is 8.62 Å². The van der Waals surface area contributed by atoms with Gasteiger partial charge < -0.3 is 56.3 Å². The lowest BCUT2D eigenvalue weighted by molar-refractivity contribution is -0.0503. The van der Waals surface area contributed by atoms with Crippen LogP contribution in [0.1, 0.15) is 19.1 Å². The van der Waals surface area contributed by atoms with E-state index in [9.17, 15) is 33.7 Å². The molecule has 2 aromatic heterocycles. The van der Waals surface area contributed by atoms with E-state index in [4.69, 9.17) is 38.2 Å². The number of rotatable bonds is 14. The summed E-state index contributed by atoms with van der Waals surface area (Å²) in [5, 5.41) is 24.0. The molecular formula is C15H27N8O13P3S.